The Morgan fingerprint density at radius 3 is 1.66 bits per heavy atom. The average molecular weight is 512 g/mol. The number of ether oxygens (including phenoxy) is 2. The molecule has 0 saturated carbocycles. The van der Waals surface area contributed by atoms with E-state index in [-0.39, 0.29) is 23.2 Å². The van der Waals surface area contributed by atoms with Crippen LogP contribution < -0.4 is 14.4 Å². The molecule has 0 radical (unpaired) electrons. The van der Waals surface area contributed by atoms with Gasteiger partial charge in [0, 0.05) is 23.1 Å². The first-order valence-corrected chi connectivity index (χ1v) is 10.5. The molecule has 0 spiro atoms. The molecular formula is C24H22BrF4NO2. The SMILES string of the molecule is COc1ccc(CN(Cc2ccc(OC)cc2)c2cc(Br)c(C(F)(F)F)c(C)c2F)cc1. The first kappa shape index (κ1) is 23.9. The monoisotopic (exact) mass is 511 g/mol. The van der Waals surface area contributed by atoms with Crippen molar-refractivity contribution in [3.8, 4) is 11.5 Å². The summed E-state index contributed by atoms with van der Waals surface area (Å²) in [6.07, 6.45) is -4.67. The van der Waals surface area contributed by atoms with E-state index >= 15 is 4.39 Å². The minimum absolute atomic E-state index is 0.0778. The van der Waals surface area contributed by atoms with Crippen LogP contribution in [0.5, 0.6) is 11.5 Å². The van der Waals surface area contributed by atoms with E-state index in [1.165, 1.54) is 6.07 Å². The van der Waals surface area contributed by atoms with Gasteiger partial charge in [-0.1, -0.05) is 40.2 Å². The van der Waals surface area contributed by atoms with Crippen molar-refractivity contribution in [2.75, 3.05) is 19.1 Å². The Morgan fingerprint density at radius 1 is 0.844 bits per heavy atom. The summed E-state index contributed by atoms with van der Waals surface area (Å²) in [5.74, 6) is 0.451. The van der Waals surface area contributed by atoms with E-state index < -0.39 is 23.1 Å². The predicted molar refractivity (Wildman–Crippen MR) is 120 cm³/mol. The summed E-state index contributed by atoms with van der Waals surface area (Å²) in [5, 5.41) is 0. The third kappa shape index (κ3) is 5.35. The Bertz CT molecular complexity index is 1020. The number of hydrogen-bond acceptors (Lipinski definition) is 3. The number of benzene rings is 3. The molecule has 3 aromatic rings. The van der Waals surface area contributed by atoms with E-state index in [0.717, 1.165) is 18.1 Å². The van der Waals surface area contributed by atoms with Gasteiger partial charge in [-0.15, -0.1) is 0 Å². The summed E-state index contributed by atoms with van der Waals surface area (Å²) in [4.78, 5) is 1.71. The van der Waals surface area contributed by atoms with Crippen molar-refractivity contribution in [1.82, 2.24) is 0 Å². The molecular weight excluding hydrogens is 490 g/mol. The lowest BCUT2D eigenvalue weighted by atomic mass is 10.0. The quantitative estimate of drug-likeness (QED) is 0.314. The van der Waals surface area contributed by atoms with Crippen LogP contribution >= 0.6 is 15.9 Å². The maximum Gasteiger partial charge on any atom is 0.417 e. The second-order valence-electron chi connectivity index (χ2n) is 7.24. The van der Waals surface area contributed by atoms with Crippen LogP contribution in [-0.2, 0) is 19.3 Å². The summed E-state index contributed by atoms with van der Waals surface area (Å²) >= 11 is 3.00. The van der Waals surface area contributed by atoms with E-state index in [9.17, 15) is 13.2 Å². The van der Waals surface area contributed by atoms with E-state index in [2.05, 4.69) is 15.9 Å². The van der Waals surface area contributed by atoms with Gasteiger partial charge in [0.25, 0.3) is 0 Å². The van der Waals surface area contributed by atoms with Gasteiger partial charge in [-0.25, -0.2) is 4.39 Å². The molecule has 0 aliphatic rings. The molecule has 32 heavy (non-hydrogen) atoms. The number of anilines is 1. The van der Waals surface area contributed by atoms with Crippen molar-refractivity contribution >= 4 is 21.6 Å². The molecule has 3 nitrogen and oxygen atoms in total. The molecule has 8 heteroatoms. The van der Waals surface area contributed by atoms with Crippen LogP contribution in [0.1, 0.15) is 22.3 Å². The molecule has 0 aliphatic carbocycles. The molecule has 0 saturated heterocycles. The smallest absolute Gasteiger partial charge is 0.417 e. The van der Waals surface area contributed by atoms with E-state index in [4.69, 9.17) is 9.47 Å². The highest BCUT2D eigenvalue weighted by molar-refractivity contribution is 9.10. The van der Waals surface area contributed by atoms with Crippen LogP contribution in [0, 0.1) is 12.7 Å². The van der Waals surface area contributed by atoms with E-state index in [0.29, 0.717) is 11.5 Å². The zero-order valence-electron chi connectivity index (χ0n) is 17.8. The van der Waals surface area contributed by atoms with Crippen LogP contribution in [0.4, 0.5) is 23.2 Å². The first-order valence-electron chi connectivity index (χ1n) is 9.70. The van der Waals surface area contributed by atoms with Gasteiger partial charge in [-0.3, -0.25) is 0 Å². The number of alkyl halides is 3. The molecule has 170 valence electrons. The maximum absolute atomic E-state index is 15.3. The second kappa shape index (κ2) is 9.81. The summed E-state index contributed by atoms with van der Waals surface area (Å²) < 4.78 is 65.7. The zero-order valence-corrected chi connectivity index (χ0v) is 19.3. The highest BCUT2D eigenvalue weighted by atomic mass is 79.9. The predicted octanol–water partition coefficient (Wildman–Crippen LogP) is 7.14. The Labute approximate surface area is 192 Å². The highest BCUT2D eigenvalue weighted by Gasteiger charge is 2.37. The third-order valence-corrected chi connectivity index (χ3v) is 5.75. The lowest BCUT2D eigenvalue weighted by molar-refractivity contribution is -0.138. The van der Waals surface area contributed by atoms with Crippen LogP contribution in [0.2, 0.25) is 0 Å². The molecule has 0 unspecified atom stereocenters. The van der Waals surface area contributed by atoms with Crippen molar-refractivity contribution in [1.29, 1.82) is 0 Å². The van der Waals surface area contributed by atoms with E-state index in [1.807, 2.05) is 24.3 Å². The summed E-state index contributed by atoms with van der Waals surface area (Å²) in [6.45, 7) is 1.71. The fraction of sp³-hybridized carbons (Fsp3) is 0.250. The minimum atomic E-state index is -4.67. The van der Waals surface area contributed by atoms with E-state index in [1.54, 1.807) is 43.4 Å². The zero-order chi connectivity index (χ0) is 23.5. The first-order chi connectivity index (χ1) is 15.1. The Kier molecular flexibility index (Phi) is 7.33. The Balaban J connectivity index is 2.04. The van der Waals surface area contributed by atoms with Crippen LogP contribution in [0.3, 0.4) is 0 Å². The van der Waals surface area contributed by atoms with Gasteiger partial charge in [-0.05, 0) is 48.4 Å². The van der Waals surface area contributed by atoms with Gasteiger partial charge < -0.3 is 14.4 Å². The standard InChI is InChI=1S/C24H22BrF4NO2/c1-15-22(24(27,28)29)20(25)12-21(23(15)26)30(13-16-4-8-18(31-2)9-5-16)14-17-6-10-19(32-3)11-7-17/h4-12H,13-14H2,1-3H3. The van der Waals surface area contributed by atoms with Crippen LogP contribution in [-0.4, -0.2) is 14.2 Å². The van der Waals surface area contributed by atoms with Crippen molar-refractivity contribution < 1.29 is 27.0 Å². The summed E-state index contributed by atoms with van der Waals surface area (Å²) in [6, 6.07) is 15.7. The maximum atomic E-state index is 15.3. The Morgan fingerprint density at radius 2 is 1.28 bits per heavy atom. The molecule has 0 bridgehead atoms. The van der Waals surface area contributed by atoms with Gasteiger partial charge in [0.2, 0.25) is 0 Å². The van der Waals surface area contributed by atoms with Gasteiger partial charge in [-0.2, -0.15) is 13.2 Å². The topological polar surface area (TPSA) is 21.7 Å². The molecule has 0 heterocycles. The molecule has 0 amide bonds. The molecule has 3 rings (SSSR count). The highest BCUT2D eigenvalue weighted by Crippen LogP contribution is 2.41. The number of methoxy groups -OCH3 is 2. The van der Waals surface area contributed by atoms with Gasteiger partial charge in [0.05, 0.1) is 25.5 Å². The van der Waals surface area contributed by atoms with Crippen molar-refractivity contribution in [3.63, 3.8) is 0 Å². The summed E-state index contributed by atoms with van der Waals surface area (Å²) in [5.41, 5.74) is 0.331. The summed E-state index contributed by atoms with van der Waals surface area (Å²) in [7, 11) is 3.12. The second-order valence-corrected chi connectivity index (χ2v) is 8.10. The van der Waals surface area contributed by atoms with Crippen molar-refractivity contribution in [3.05, 3.63) is 87.1 Å². The molecule has 0 fully saturated rings. The third-order valence-electron chi connectivity index (χ3n) is 5.12. The Hall–Kier alpha value is -2.74. The molecule has 0 N–H and O–H groups in total. The molecule has 3 aromatic carbocycles. The molecule has 0 aromatic heterocycles. The number of hydrogen-bond donors (Lipinski definition) is 0. The number of halogens is 5. The van der Waals surface area contributed by atoms with Crippen LogP contribution in [0.15, 0.2) is 59.1 Å². The average Bonchev–Trinajstić information content (AvgIpc) is 2.76. The van der Waals surface area contributed by atoms with Gasteiger partial charge in [0.1, 0.15) is 17.3 Å². The fourth-order valence-electron chi connectivity index (χ4n) is 3.44. The lowest BCUT2D eigenvalue weighted by Gasteiger charge is -2.28. The fourth-order valence-corrected chi connectivity index (χ4v) is 4.18. The normalized spacial score (nSPS) is 11.4. The van der Waals surface area contributed by atoms with Gasteiger partial charge in [0.15, 0.2) is 0 Å². The minimum Gasteiger partial charge on any atom is -0.497 e. The van der Waals surface area contributed by atoms with Crippen molar-refractivity contribution in [2.45, 2.75) is 26.2 Å². The number of rotatable bonds is 7. The van der Waals surface area contributed by atoms with Gasteiger partial charge >= 0.3 is 6.18 Å². The molecule has 0 atom stereocenters. The van der Waals surface area contributed by atoms with Crippen molar-refractivity contribution in [2.24, 2.45) is 0 Å². The lowest BCUT2D eigenvalue weighted by Crippen LogP contribution is -2.24. The molecule has 0 aliphatic heterocycles. The largest absolute Gasteiger partial charge is 0.497 e. The number of nitrogens with zero attached hydrogens (tertiary/aromatic N) is 1. The van der Waals surface area contributed by atoms with Crippen LogP contribution in [0.25, 0.3) is 0 Å².